The minimum atomic E-state index is 0.755. The molecule has 0 bridgehead atoms. The van der Waals surface area contributed by atoms with Gasteiger partial charge in [-0.1, -0.05) is 30.2 Å². The Hall–Kier alpha value is -1.71. The van der Waals surface area contributed by atoms with E-state index in [2.05, 4.69) is 28.4 Å². The Bertz CT molecular complexity index is 639. The Labute approximate surface area is 155 Å². The molecular formula is C21H27ClN2O. The second-order valence-electron chi connectivity index (χ2n) is 6.61. The Morgan fingerprint density at radius 2 is 1.80 bits per heavy atom. The van der Waals surface area contributed by atoms with Gasteiger partial charge in [0.1, 0.15) is 5.75 Å². The molecule has 0 radical (unpaired) electrons. The van der Waals surface area contributed by atoms with Crippen LogP contribution >= 0.6 is 11.6 Å². The molecule has 1 aliphatic heterocycles. The van der Waals surface area contributed by atoms with Crippen LogP contribution in [0.4, 0.5) is 5.69 Å². The number of piperidine rings is 1. The van der Waals surface area contributed by atoms with Crippen LogP contribution in [0.3, 0.4) is 0 Å². The Kier molecular flexibility index (Phi) is 7.01. The largest absolute Gasteiger partial charge is 0.494 e. The number of hydrogen-bond acceptors (Lipinski definition) is 3. The molecule has 0 spiro atoms. The molecule has 0 aliphatic carbocycles. The van der Waals surface area contributed by atoms with Gasteiger partial charge >= 0.3 is 0 Å². The van der Waals surface area contributed by atoms with E-state index in [1.165, 1.54) is 37.9 Å². The number of hydrogen-bond donors (Lipinski definition) is 1. The van der Waals surface area contributed by atoms with Crippen molar-refractivity contribution < 1.29 is 4.74 Å². The molecule has 0 amide bonds. The Balaban J connectivity index is 1.40. The standard InChI is InChI=1S/C21H27ClN2O/c22-19-8-10-20(11-9-19)23-17-18-6-4-7-21(16-18)25-15-5-14-24-12-2-1-3-13-24/h4,6-11,16,23H,1-3,5,12-15,17H2. The van der Waals surface area contributed by atoms with Crippen LogP contribution in [-0.4, -0.2) is 31.1 Å². The molecule has 1 heterocycles. The average Bonchev–Trinajstić information content (AvgIpc) is 2.66. The molecular weight excluding hydrogens is 332 g/mol. The molecule has 4 heteroatoms. The van der Waals surface area contributed by atoms with E-state index in [1.54, 1.807) is 0 Å². The highest BCUT2D eigenvalue weighted by Crippen LogP contribution is 2.17. The van der Waals surface area contributed by atoms with Crippen LogP contribution in [0.15, 0.2) is 48.5 Å². The first-order valence-electron chi connectivity index (χ1n) is 9.23. The van der Waals surface area contributed by atoms with Crippen molar-refractivity contribution in [1.82, 2.24) is 4.90 Å². The van der Waals surface area contributed by atoms with E-state index in [9.17, 15) is 0 Å². The lowest BCUT2D eigenvalue weighted by Gasteiger charge is -2.26. The van der Waals surface area contributed by atoms with E-state index in [1.807, 2.05) is 30.3 Å². The number of nitrogens with one attached hydrogen (secondary N) is 1. The second kappa shape index (κ2) is 9.69. The summed E-state index contributed by atoms with van der Waals surface area (Å²) in [4.78, 5) is 2.55. The SMILES string of the molecule is Clc1ccc(NCc2cccc(OCCCN3CCCCC3)c2)cc1. The summed E-state index contributed by atoms with van der Waals surface area (Å²) >= 11 is 5.91. The van der Waals surface area contributed by atoms with Crippen molar-refractivity contribution in [3.05, 3.63) is 59.1 Å². The zero-order chi connectivity index (χ0) is 17.3. The number of likely N-dealkylation sites (tertiary alicyclic amines) is 1. The quantitative estimate of drug-likeness (QED) is 0.656. The number of anilines is 1. The van der Waals surface area contributed by atoms with E-state index in [-0.39, 0.29) is 0 Å². The Morgan fingerprint density at radius 1 is 1.00 bits per heavy atom. The van der Waals surface area contributed by atoms with Gasteiger partial charge in [-0.05, 0) is 74.3 Å². The average molecular weight is 359 g/mol. The van der Waals surface area contributed by atoms with E-state index in [0.29, 0.717) is 0 Å². The number of rotatable bonds is 8. The topological polar surface area (TPSA) is 24.5 Å². The van der Waals surface area contributed by atoms with E-state index in [4.69, 9.17) is 16.3 Å². The minimum absolute atomic E-state index is 0.755. The first-order chi connectivity index (χ1) is 12.3. The van der Waals surface area contributed by atoms with Crippen LogP contribution in [0.5, 0.6) is 5.75 Å². The summed E-state index contributed by atoms with van der Waals surface area (Å²) in [6.45, 7) is 5.21. The van der Waals surface area contributed by atoms with Gasteiger partial charge in [-0.3, -0.25) is 0 Å². The van der Waals surface area contributed by atoms with Gasteiger partial charge in [0, 0.05) is 23.8 Å². The van der Waals surface area contributed by atoms with Crippen molar-refractivity contribution in [2.75, 3.05) is 31.6 Å². The molecule has 2 aromatic rings. The molecule has 3 rings (SSSR count). The van der Waals surface area contributed by atoms with Crippen LogP contribution in [0.1, 0.15) is 31.2 Å². The van der Waals surface area contributed by atoms with E-state index < -0.39 is 0 Å². The zero-order valence-electron chi connectivity index (χ0n) is 14.7. The van der Waals surface area contributed by atoms with Crippen LogP contribution in [0.25, 0.3) is 0 Å². The maximum Gasteiger partial charge on any atom is 0.119 e. The summed E-state index contributed by atoms with van der Waals surface area (Å²) in [7, 11) is 0. The number of nitrogens with zero attached hydrogens (tertiary/aromatic N) is 1. The summed E-state index contributed by atoms with van der Waals surface area (Å²) in [5.41, 5.74) is 2.28. The van der Waals surface area contributed by atoms with Gasteiger partial charge < -0.3 is 15.0 Å². The monoisotopic (exact) mass is 358 g/mol. The lowest BCUT2D eigenvalue weighted by Crippen LogP contribution is -2.31. The Morgan fingerprint density at radius 3 is 2.60 bits per heavy atom. The molecule has 0 atom stereocenters. The van der Waals surface area contributed by atoms with Crippen molar-refractivity contribution in [2.45, 2.75) is 32.2 Å². The fourth-order valence-electron chi connectivity index (χ4n) is 3.18. The molecule has 0 aromatic heterocycles. The van der Waals surface area contributed by atoms with Crippen molar-refractivity contribution in [2.24, 2.45) is 0 Å². The summed E-state index contributed by atoms with van der Waals surface area (Å²) in [5, 5.41) is 4.16. The van der Waals surface area contributed by atoms with Gasteiger partial charge in [0.15, 0.2) is 0 Å². The number of ether oxygens (including phenoxy) is 1. The molecule has 1 saturated heterocycles. The third kappa shape index (κ3) is 6.26. The molecule has 1 aliphatic rings. The summed E-state index contributed by atoms with van der Waals surface area (Å²) in [6, 6.07) is 16.1. The predicted octanol–water partition coefficient (Wildman–Crippen LogP) is 5.21. The maximum absolute atomic E-state index is 5.93. The fraction of sp³-hybridized carbons (Fsp3) is 0.429. The lowest BCUT2D eigenvalue weighted by atomic mass is 10.1. The number of benzene rings is 2. The van der Waals surface area contributed by atoms with Crippen molar-refractivity contribution in [1.29, 1.82) is 0 Å². The van der Waals surface area contributed by atoms with Gasteiger partial charge in [-0.2, -0.15) is 0 Å². The van der Waals surface area contributed by atoms with Gasteiger partial charge in [-0.15, -0.1) is 0 Å². The molecule has 0 saturated carbocycles. The van der Waals surface area contributed by atoms with Crippen molar-refractivity contribution in [3.63, 3.8) is 0 Å². The van der Waals surface area contributed by atoms with Crippen LogP contribution < -0.4 is 10.1 Å². The van der Waals surface area contributed by atoms with Crippen LogP contribution in [-0.2, 0) is 6.54 Å². The first-order valence-corrected chi connectivity index (χ1v) is 9.61. The highest BCUT2D eigenvalue weighted by molar-refractivity contribution is 6.30. The normalized spacial score (nSPS) is 15.1. The first kappa shape index (κ1) is 18.1. The highest BCUT2D eigenvalue weighted by Gasteiger charge is 2.09. The third-order valence-electron chi connectivity index (χ3n) is 4.58. The van der Waals surface area contributed by atoms with Crippen LogP contribution in [0, 0.1) is 0 Å². The highest BCUT2D eigenvalue weighted by atomic mass is 35.5. The van der Waals surface area contributed by atoms with Gasteiger partial charge in [0.05, 0.1) is 6.61 Å². The summed E-state index contributed by atoms with van der Waals surface area (Å²) in [5.74, 6) is 0.953. The van der Waals surface area contributed by atoms with Crippen LogP contribution in [0.2, 0.25) is 5.02 Å². The van der Waals surface area contributed by atoms with Crippen molar-refractivity contribution >= 4 is 17.3 Å². The van der Waals surface area contributed by atoms with Gasteiger partial charge in [0.25, 0.3) is 0 Å². The molecule has 1 fully saturated rings. The summed E-state index contributed by atoms with van der Waals surface area (Å²) in [6.07, 6.45) is 5.18. The molecule has 3 nitrogen and oxygen atoms in total. The van der Waals surface area contributed by atoms with E-state index in [0.717, 1.165) is 42.6 Å². The predicted molar refractivity (Wildman–Crippen MR) is 106 cm³/mol. The summed E-state index contributed by atoms with van der Waals surface area (Å²) < 4.78 is 5.93. The van der Waals surface area contributed by atoms with Gasteiger partial charge in [-0.25, -0.2) is 0 Å². The second-order valence-corrected chi connectivity index (χ2v) is 7.05. The maximum atomic E-state index is 5.93. The molecule has 25 heavy (non-hydrogen) atoms. The molecule has 0 unspecified atom stereocenters. The molecule has 2 aromatic carbocycles. The zero-order valence-corrected chi connectivity index (χ0v) is 15.5. The number of halogens is 1. The van der Waals surface area contributed by atoms with Gasteiger partial charge in [0.2, 0.25) is 0 Å². The minimum Gasteiger partial charge on any atom is -0.494 e. The molecule has 1 N–H and O–H groups in total. The smallest absolute Gasteiger partial charge is 0.119 e. The fourth-order valence-corrected chi connectivity index (χ4v) is 3.30. The van der Waals surface area contributed by atoms with Crippen molar-refractivity contribution in [3.8, 4) is 5.75 Å². The molecule has 134 valence electrons. The lowest BCUT2D eigenvalue weighted by molar-refractivity contribution is 0.205. The van der Waals surface area contributed by atoms with E-state index >= 15 is 0 Å². The third-order valence-corrected chi connectivity index (χ3v) is 4.83.